The van der Waals surface area contributed by atoms with Crippen LogP contribution in [0.3, 0.4) is 0 Å². The average Bonchev–Trinajstić information content (AvgIpc) is 2.59. The van der Waals surface area contributed by atoms with E-state index in [1.165, 1.54) is 12.0 Å². The van der Waals surface area contributed by atoms with Crippen molar-refractivity contribution in [1.82, 2.24) is 4.90 Å². The molecule has 0 saturated heterocycles. The Morgan fingerprint density at radius 3 is 2.56 bits per heavy atom. The Kier molecular flexibility index (Phi) is 3.45. The van der Waals surface area contributed by atoms with E-state index in [0.717, 1.165) is 5.56 Å². The Balaban J connectivity index is 2.38. The lowest BCUT2D eigenvalue weighted by Crippen LogP contribution is -2.46. The van der Waals surface area contributed by atoms with Gasteiger partial charge in [0.1, 0.15) is 0 Å². The fourth-order valence-corrected chi connectivity index (χ4v) is 2.15. The van der Waals surface area contributed by atoms with E-state index in [0.29, 0.717) is 11.1 Å². The van der Waals surface area contributed by atoms with E-state index in [4.69, 9.17) is 10.5 Å². The number of nitrogens with zero attached hydrogens (tertiary/aromatic N) is 1. The maximum absolute atomic E-state index is 12.2. The van der Waals surface area contributed by atoms with E-state index in [1.807, 2.05) is 13.0 Å². The highest BCUT2D eigenvalue weighted by Gasteiger charge is 2.39. The van der Waals surface area contributed by atoms with Gasteiger partial charge >= 0.3 is 0 Å². The van der Waals surface area contributed by atoms with Gasteiger partial charge in [0.2, 0.25) is 0 Å². The number of carbonyl (C=O) groups is 2. The smallest absolute Gasteiger partial charge is 0.261 e. The van der Waals surface area contributed by atoms with Crippen molar-refractivity contribution in [2.45, 2.75) is 13.0 Å². The third-order valence-corrected chi connectivity index (χ3v) is 3.07. The number of ether oxygens (including phenoxy) is 1. The molecule has 0 radical (unpaired) electrons. The molecule has 0 aromatic heterocycles. The van der Waals surface area contributed by atoms with Gasteiger partial charge in [-0.15, -0.1) is 0 Å². The molecular weight excluding hydrogens is 232 g/mol. The first-order valence-corrected chi connectivity index (χ1v) is 5.77. The predicted molar refractivity (Wildman–Crippen MR) is 66.4 cm³/mol. The number of hydrogen-bond donors (Lipinski definition) is 1. The number of benzene rings is 1. The highest BCUT2D eigenvalue weighted by Crippen LogP contribution is 2.25. The van der Waals surface area contributed by atoms with E-state index in [9.17, 15) is 9.59 Å². The predicted octanol–water partition coefficient (Wildman–Crippen LogP) is 0.565. The van der Waals surface area contributed by atoms with Crippen LogP contribution in [0.25, 0.3) is 0 Å². The van der Waals surface area contributed by atoms with Crippen molar-refractivity contribution < 1.29 is 14.3 Å². The monoisotopic (exact) mass is 248 g/mol. The summed E-state index contributed by atoms with van der Waals surface area (Å²) in [5.74, 6) is -0.575. The second-order valence-corrected chi connectivity index (χ2v) is 4.37. The molecule has 1 aliphatic heterocycles. The van der Waals surface area contributed by atoms with Crippen LogP contribution in [0.5, 0.6) is 0 Å². The van der Waals surface area contributed by atoms with Gasteiger partial charge in [0.25, 0.3) is 11.8 Å². The zero-order valence-electron chi connectivity index (χ0n) is 10.5. The molecule has 1 unspecified atom stereocenters. The second kappa shape index (κ2) is 4.88. The van der Waals surface area contributed by atoms with Gasteiger partial charge in [0, 0.05) is 13.7 Å². The molecular formula is C13H16N2O3. The molecule has 2 rings (SSSR count). The van der Waals surface area contributed by atoms with Crippen molar-refractivity contribution in [2.24, 2.45) is 5.73 Å². The first kappa shape index (κ1) is 12.7. The summed E-state index contributed by atoms with van der Waals surface area (Å²) in [6.07, 6.45) is 0. The molecule has 96 valence electrons. The molecule has 2 N–H and O–H groups in total. The number of nitrogens with two attached hydrogens (primary N) is 1. The van der Waals surface area contributed by atoms with Crippen LogP contribution in [0.2, 0.25) is 0 Å². The van der Waals surface area contributed by atoms with Crippen LogP contribution >= 0.6 is 0 Å². The molecule has 2 amide bonds. The maximum Gasteiger partial charge on any atom is 0.261 e. The number of fused-ring (bicyclic) bond motifs is 1. The van der Waals surface area contributed by atoms with Gasteiger partial charge in [-0.3, -0.25) is 14.5 Å². The Morgan fingerprint density at radius 2 is 1.94 bits per heavy atom. The molecule has 1 aromatic rings. The lowest BCUT2D eigenvalue weighted by Gasteiger charge is -2.23. The van der Waals surface area contributed by atoms with Gasteiger partial charge in [-0.05, 0) is 19.1 Å². The Morgan fingerprint density at radius 1 is 1.28 bits per heavy atom. The highest BCUT2D eigenvalue weighted by atomic mass is 16.5. The van der Waals surface area contributed by atoms with Crippen LogP contribution in [-0.2, 0) is 4.74 Å². The Labute approximate surface area is 106 Å². The molecule has 0 saturated carbocycles. The van der Waals surface area contributed by atoms with Gasteiger partial charge in [0.05, 0.1) is 23.8 Å². The number of methoxy groups -OCH3 is 1. The minimum absolute atomic E-state index is 0.193. The summed E-state index contributed by atoms with van der Waals surface area (Å²) in [5, 5.41) is 0. The van der Waals surface area contributed by atoms with Crippen molar-refractivity contribution in [3.05, 3.63) is 34.9 Å². The lowest BCUT2D eigenvalue weighted by molar-refractivity contribution is 0.0483. The quantitative estimate of drug-likeness (QED) is 0.790. The molecule has 5 nitrogen and oxygen atoms in total. The van der Waals surface area contributed by atoms with Crippen molar-refractivity contribution >= 4 is 11.8 Å². The minimum atomic E-state index is -0.414. The summed E-state index contributed by atoms with van der Waals surface area (Å²) < 4.78 is 5.00. The first-order chi connectivity index (χ1) is 8.60. The number of rotatable bonds is 4. The minimum Gasteiger partial charge on any atom is -0.382 e. The molecule has 0 aliphatic carbocycles. The van der Waals surface area contributed by atoms with Crippen molar-refractivity contribution in [3.8, 4) is 0 Å². The first-order valence-electron chi connectivity index (χ1n) is 5.77. The topological polar surface area (TPSA) is 72.6 Å². The van der Waals surface area contributed by atoms with Gasteiger partial charge < -0.3 is 10.5 Å². The second-order valence-electron chi connectivity index (χ2n) is 4.37. The zero-order valence-corrected chi connectivity index (χ0v) is 10.5. The molecule has 0 bridgehead atoms. The Bertz CT molecular complexity index is 499. The lowest BCUT2D eigenvalue weighted by atomic mass is 10.1. The molecule has 1 atom stereocenters. The summed E-state index contributed by atoms with van der Waals surface area (Å²) >= 11 is 0. The third-order valence-electron chi connectivity index (χ3n) is 3.07. The molecule has 0 spiro atoms. The molecule has 18 heavy (non-hydrogen) atoms. The summed E-state index contributed by atoms with van der Waals surface area (Å²) in [5.41, 5.74) is 7.45. The third kappa shape index (κ3) is 1.91. The number of aryl methyl sites for hydroxylation is 1. The van der Waals surface area contributed by atoms with E-state index >= 15 is 0 Å². The largest absolute Gasteiger partial charge is 0.382 e. The standard InChI is InChI=1S/C13H16N2O3/c1-8-3-4-10-11(5-8)13(17)15(12(10)16)9(6-14)7-18-2/h3-5,9H,6-7,14H2,1-2H3. The van der Waals surface area contributed by atoms with Gasteiger partial charge in [-0.2, -0.15) is 0 Å². The van der Waals surface area contributed by atoms with Crippen LogP contribution in [0.4, 0.5) is 0 Å². The number of amides is 2. The van der Waals surface area contributed by atoms with Gasteiger partial charge in [0.15, 0.2) is 0 Å². The summed E-state index contributed by atoms with van der Waals surface area (Å²) in [7, 11) is 1.52. The van der Waals surface area contributed by atoms with Crippen molar-refractivity contribution in [2.75, 3.05) is 20.3 Å². The molecule has 1 aliphatic rings. The fraction of sp³-hybridized carbons (Fsp3) is 0.385. The van der Waals surface area contributed by atoms with E-state index in [1.54, 1.807) is 12.1 Å². The van der Waals surface area contributed by atoms with Crippen LogP contribution in [-0.4, -0.2) is 43.0 Å². The van der Waals surface area contributed by atoms with E-state index in [-0.39, 0.29) is 25.0 Å². The number of carbonyl (C=O) groups excluding carboxylic acids is 2. The molecule has 1 heterocycles. The summed E-state index contributed by atoms with van der Waals surface area (Å²) in [6, 6.07) is 4.82. The van der Waals surface area contributed by atoms with Gasteiger partial charge in [-0.25, -0.2) is 0 Å². The summed E-state index contributed by atoms with van der Waals surface area (Å²) in [6.45, 7) is 2.33. The van der Waals surface area contributed by atoms with Crippen LogP contribution in [0.15, 0.2) is 18.2 Å². The Hall–Kier alpha value is -1.72. The van der Waals surface area contributed by atoms with Crippen LogP contribution in [0.1, 0.15) is 26.3 Å². The maximum atomic E-state index is 12.2. The average molecular weight is 248 g/mol. The van der Waals surface area contributed by atoms with E-state index < -0.39 is 6.04 Å². The molecule has 1 aromatic carbocycles. The zero-order chi connectivity index (χ0) is 13.3. The van der Waals surface area contributed by atoms with Crippen LogP contribution < -0.4 is 5.73 Å². The van der Waals surface area contributed by atoms with Gasteiger partial charge in [-0.1, -0.05) is 11.6 Å². The molecule has 0 fully saturated rings. The number of hydrogen-bond acceptors (Lipinski definition) is 4. The van der Waals surface area contributed by atoms with E-state index in [2.05, 4.69) is 0 Å². The molecule has 5 heteroatoms. The van der Waals surface area contributed by atoms with Crippen molar-refractivity contribution in [1.29, 1.82) is 0 Å². The van der Waals surface area contributed by atoms with Crippen LogP contribution in [0, 0.1) is 6.92 Å². The number of imide groups is 1. The normalized spacial score (nSPS) is 16.1. The van der Waals surface area contributed by atoms with Crippen molar-refractivity contribution in [3.63, 3.8) is 0 Å². The fourth-order valence-electron chi connectivity index (χ4n) is 2.15. The highest BCUT2D eigenvalue weighted by molar-refractivity contribution is 6.21. The SMILES string of the molecule is COCC(CN)N1C(=O)c2ccc(C)cc2C1=O. The summed E-state index contributed by atoms with van der Waals surface area (Å²) in [4.78, 5) is 25.6.